The maximum Gasteiger partial charge on any atom is 0.228 e. The van der Waals surface area contributed by atoms with Crippen molar-refractivity contribution < 1.29 is 4.42 Å². The van der Waals surface area contributed by atoms with Gasteiger partial charge in [-0.3, -0.25) is 0 Å². The number of furan rings is 1. The third-order valence-corrected chi connectivity index (χ3v) is 9.15. The molecule has 5 heteroatoms. The van der Waals surface area contributed by atoms with E-state index in [0.717, 1.165) is 38.6 Å². The van der Waals surface area contributed by atoms with Gasteiger partial charge >= 0.3 is 0 Å². The van der Waals surface area contributed by atoms with Crippen LogP contribution in [0.2, 0.25) is 0 Å². The third kappa shape index (κ3) is 4.03. The van der Waals surface area contributed by atoms with Crippen LogP contribution in [0.1, 0.15) is 0 Å². The standard InChI is InChI=1S/C42H24N4O/c1-2-9-26(10-3-1)39-44-40(46-41(45-39)34-21-22-43-42-38(34)33-14-6-7-16-36(33)47-42)27-19-17-25(18-20-27)29-23-28-11-8-15-32-30-12-4-5-13-31(30)35(24-29)37(28)32/h1-24H. The van der Waals surface area contributed by atoms with Crippen LogP contribution in [0.25, 0.3) is 100 Å². The Balaban J connectivity index is 1.11. The Morgan fingerprint density at radius 3 is 1.89 bits per heavy atom. The second kappa shape index (κ2) is 10.0. The zero-order chi connectivity index (χ0) is 30.9. The van der Waals surface area contributed by atoms with Gasteiger partial charge < -0.3 is 4.42 Å². The fourth-order valence-electron chi connectivity index (χ4n) is 6.97. The van der Waals surface area contributed by atoms with Crippen molar-refractivity contribution in [2.24, 2.45) is 0 Å². The van der Waals surface area contributed by atoms with E-state index in [9.17, 15) is 0 Å². The molecule has 0 spiro atoms. The lowest BCUT2D eigenvalue weighted by Gasteiger charge is -2.11. The topological polar surface area (TPSA) is 64.7 Å². The third-order valence-electron chi connectivity index (χ3n) is 9.15. The molecule has 5 nitrogen and oxygen atoms in total. The average molecular weight is 601 g/mol. The lowest BCUT2D eigenvalue weighted by atomic mass is 9.95. The molecule has 10 rings (SSSR count). The molecule has 6 aromatic carbocycles. The summed E-state index contributed by atoms with van der Waals surface area (Å²) in [6.45, 7) is 0. The molecule has 3 aromatic heterocycles. The van der Waals surface area contributed by atoms with Gasteiger partial charge in [0.1, 0.15) is 5.58 Å². The monoisotopic (exact) mass is 600 g/mol. The lowest BCUT2D eigenvalue weighted by molar-refractivity contribution is 0.654. The Labute approximate surface area is 269 Å². The molecule has 0 atom stereocenters. The van der Waals surface area contributed by atoms with Gasteiger partial charge in [0.25, 0.3) is 0 Å². The first-order valence-corrected chi connectivity index (χ1v) is 15.6. The largest absolute Gasteiger partial charge is 0.438 e. The van der Waals surface area contributed by atoms with Crippen molar-refractivity contribution >= 4 is 32.8 Å². The first-order valence-electron chi connectivity index (χ1n) is 15.6. The summed E-state index contributed by atoms with van der Waals surface area (Å²) in [6, 6.07) is 48.4. The van der Waals surface area contributed by atoms with Crippen LogP contribution in [0.15, 0.2) is 150 Å². The Hall–Kier alpha value is -6.46. The number of rotatable bonds is 4. The summed E-state index contributed by atoms with van der Waals surface area (Å²) in [7, 11) is 0. The molecule has 0 fully saturated rings. The molecule has 0 amide bonds. The molecule has 47 heavy (non-hydrogen) atoms. The zero-order valence-electron chi connectivity index (χ0n) is 25.1. The molecule has 0 saturated carbocycles. The smallest absolute Gasteiger partial charge is 0.228 e. The van der Waals surface area contributed by atoms with Crippen LogP contribution in [0.3, 0.4) is 0 Å². The van der Waals surface area contributed by atoms with Gasteiger partial charge in [-0.25, -0.2) is 19.9 Å². The highest BCUT2D eigenvalue weighted by Crippen LogP contribution is 2.48. The lowest BCUT2D eigenvalue weighted by Crippen LogP contribution is -2.00. The van der Waals surface area contributed by atoms with Gasteiger partial charge in [0.15, 0.2) is 17.5 Å². The summed E-state index contributed by atoms with van der Waals surface area (Å²) in [4.78, 5) is 19.5. The maximum absolute atomic E-state index is 6.08. The molecule has 9 aromatic rings. The van der Waals surface area contributed by atoms with Crippen molar-refractivity contribution in [1.82, 2.24) is 19.9 Å². The zero-order valence-corrected chi connectivity index (χ0v) is 25.1. The Kier molecular flexibility index (Phi) is 5.51. The minimum absolute atomic E-state index is 0.560. The second-order valence-corrected chi connectivity index (χ2v) is 11.9. The summed E-state index contributed by atoms with van der Waals surface area (Å²) >= 11 is 0. The number of fused-ring (bicyclic) bond motifs is 6. The number of para-hydroxylation sites is 1. The minimum Gasteiger partial charge on any atom is -0.438 e. The minimum atomic E-state index is 0.560. The predicted octanol–water partition coefficient (Wildman–Crippen LogP) is 10.6. The number of nitrogens with zero attached hydrogens (tertiary/aromatic N) is 4. The van der Waals surface area contributed by atoms with E-state index in [2.05, 4.69) is 83.8 Å². The van der Waals surface area contributed by atoms with E-state index in [1.807, 2.05) is 60.7 Å². The van der Waals surface area contributed by atoms with Gasteiger partial charge in [0.2, 0.25) is 5.71 Å². The average Bonchev–Trinajstić information content (AvgIpc) is 3.69. The van der Waals surface area contributed by atoms with E-state index < -0.39 is 0 Å². The number of hydrogen-bond acceptors (Lipinski definition) is 5. The van der Waals surface area contributed by atoms with Crippen molar-refractivity contribution in [3.8, 4) is 67.5 Å². The van der Waals surface area contributed by atoms with Gasteiger partial charge in [-0.15, -0.1) is 0 Å². The van der Waals surface area contributed by atoms with Crippen molar-refractivity contribution in [1.29, 1.82) is 0 Å². The molecule has 0 aliphatic heterocycles. The fraction of sp³-hybridized carbons (Fsp3) is 0. The van der Waals surface area contributed by atoms with Crippen LogP contribution in [0.5, 0.6) is 0 Å². The molecule has 1 aliphatic rings. The van der Waals surface area contributed by atoms with Crippen LogP contribution in [-0.2, 0) is 0 Å². The molecule has 218 valence electrons. The predicted molar refractivity (Wildman–Crippen MR) is 189 cm³/mol. The molecule has 0 radical (unpaired) electrons. The summed E-state index contributed by atoms with van der Waals surface area (Å²) in [6.07, 6.45) is 1.75. The fourth-order valence-corrected chi connectivity index (χ4v) is 6.97. The van der Waals surface area contributed by atoms with Crippen molar-refractivity contribution in [2.45, 2.75) is 0 Å². The van der Waals surface area contributed by atoms with E-state index in [1.54, 1.807) is 6.20 Å². The normalized spacial score (nSPS) is 11.8. The quantitative estimate of drug-likeness (QED) is 0.201. The molecular weight excluding hydrogens is 576 g/mol. The maximum atomic E-state index is 6.08. The van der Waals surface area contributed by atoms with Crippen LogP contribution in [0, 0.1) is 0 Å². The van der Waals surface area contributed by atoms with Crippen molar-refractivity contribution in [3.05, 3.63) is 146 Å². The number of aromatic nitrogens is 4. The Morgan fingerprint density at radius 2 is 1.06 bits per heavy atom. The van der Waals surface area contributed by atoms with Gasteiger partial charge in [-0.1, -0.05) is 115 Å². The summed E-state index contributed by atoms with van der Waals surface area (Å²) in [5.74, 6) is 1.79. The Bertz CT molecular complexity index is 2680. The molecule has 0 N–H and O–H groups in total. The van der Waals surface area contributed by atoms with Crippen LogP contribution in [-0.4, -0.2) is 19.9 Å². The van der Waals surface area contributed by atoms with E-state index >= 15 is 0 Å². The van der Waals surface area contributed by atoms with Gasteiger partial charge in [0.05, 0.1) is 5.39 Å². The van der Waals surface area contributed by atoms with E-state index in [0.29, 0.717) is 23.2 Å². The highest BCUT2D eigenvalue weighted by Gasteiger charge is 2.22. The highest BCUT2D eigenvalue weighted by atomic mass is 16.3. The van der Waals surface area contributed by atoms with E-state index in [4.69, 9.17) is 19.4 Å². The summed E-state index contributed by atoms with van der Waals surface area (Å²) in [5.41, 5.74) is 11.5. The second-order valence-electron chi connectivity index (χ2n) is 11.9. The SMILES string of the molecule is c1ccc(-c2nc(-c3ccc(-c4cc5c6c(cccc6c4)-c4ccccc4-5)cc3)nc(-c3ccnc4oc5ccccc5c34)n2)cc1. The molecule has 0 bridgehead atoms. The molecule has 0 saturated heterocycles. The van der Waals surface area contributed by atoms with Gasteiger partial charge in [-0.05, 0) is 68.4 Å². The summed E-state index contributed by atoms with van der Waals surface area (Å²) in [5, 5.41) is 4.45. The van der Waals surface area contributed by atoms with Crippen LogP contribution < -0.4 is 0 Å². The molecule has 0 unspecified atom stereocenters. The molecule has 3 heterocycles. The number of hydrogen-bond donors (Lipinski definition) is 0. The molecular formula is C42H24N4O. The van der Waals surface area contributed by atoms with Gasteiger partial charge in [-0.2, -0.15) is 0 Å². The van der Waals surface area contributed by atoms with Gasteiger partial charge in [0, 0.05) is 28.3 Å². The van der Waals surface area contributed by atoms with Crippen LogP contribution >= 0.6 is 0 Å². The van der Waals surface area contributed by atoms with Crippen molar-refractivity contribution in [3.63, 3.8) is 0 Å². The first kappa shape index (κ1) is 25.8. The number of benzene rings is 6. The molecule has 1 aliphatic carbocycles. The highest BCUT2D eigenvalue weighted by molar-refractivity contribution is 6.16. The van der Waals surface area contributed by atoms with E-state index in [-0.39, 0.29) is 0 Å². The van der Waals surface area contributed by atoms with Crippen LogP contribution in [0.4, 0.5) is 0 Å². The summed E-state index contributed by atoms with van der Waals surface area (Å²) < 4.78 is 6.08. The Morgan fingerprint density at radius 1 is 0.404 bits per heavy atom. The number of pyridine rings is 1. The first-order chi connectivity index (χ1) is 23.3. The van der Waals surface area contributed by atoms with E-state index in [1.165, 1.54) is 38.6 Å². The van der Waals surface area contributed by atoms with Crippen molar-refractivity contribution in [2.75, 3.05) is 0 Å².